The molecule has 0 aliphatic heterocycles. The minimum atomic E-state index is -0.560. The topological polar surface area (TPSA) is 46.2 Å². The number of nitrogens with one attached hydrogen (secondary N) is 1. The molecule has 0 saturated heterocycles. The number of benzene rings is 2. The Kier molecular flexibility index (Phi) is 4.66. The van der Waals surface area contributed by atoms with Crippen LogP contribution in [-0.2, 0) is 22.4 Å². The highest BCUT2D eigenvalue weighted by Crippen LogP contribution is 2.15. The molecule has 102 valence electrons. The Bertz CT molecular complexity index is 605. The summed E-state index contributed by atoms with van der Waals surface area (Å²) in [5, 5.41) is 2.69. The van der Waals surface area contributed by atoms with Crippen molar-refractivity contribution in [3.8, 4) is 0 Å². The zero-order chi connectivity index (χ0) is 14.4. The van der Waals surface area contributed by atoms with Crippen molar-refractivity contribution in [3.05, 3.63) is 65.7 Å². The molecular weight excluding hydrogens is 250 g/mol. The van der Waals surface area contributed by atoms with E-state index in [1.54, 1.807) is 0 Å². The number of anilines is 1. The van der Waals surface area contributed by atoms with Gasteiger partial charge in [0, 0.05) is 12.1 Å². The number of ketones is 1. The van der Waals surface area contributed by atoms with E-state index in [0.717, 1.165) is 17.5 Å². The fraction of sp³-hybridized carbons (Fsp3) is 0.176. The Labute approximate surface area is 118 Å². The molecule has 1 N–H and O–H groups in total. The van der Waals surface area contributed by atoms with Gasteiger partial charge in [-0.2, -0.15) is 0 Å². The molecule has 2 aromatic rings. The smallest absolute Gasteiger partial charge is 0.292 e. The number of Topliss-reactive ketones (excluding diaryl/α,β-unsaturated/α-hetero) is 1. The summed E-state index contributed by atoms with van der Waals surface area (Å²) in [4.78, 5) is 23.8. The van der Waals surface area contributed by atoms with Gasteiger partial charge in [0.1, 0.15) is 0 Å². The van der Waals surface area contributed by atoms with E-state index in [0.29, 0.717) is 5.69 Å². The Balaban J connectivity index is 2.03. The van der Waals surface area contributed by atoms with Crippen molar-refractivity contribution >= 4 is 17.4 Å². The number of carbonyl (C=O) groups excluding carboxylic acids is 2. The van der Waals surface area contributed by atoms with Gasteiger partial charge >= 0.3 is 0 Å². The first-order valence-corrected chi connectivity index (χ1v) is 6.66. The zero-order valence-corrected chi connectivity index (χ0v) is 11.4. The number of rotatable bonds is 5. The van der Waals surface area contributed by atoms with Crippen LogP contribution in [0.4, 0.5) is 5.69 Å². The number of carbonyl (C=O) groups is 2. The van der Waals surface area contributed by atoms with E-state index in [1.807, 2.05) is 61.5 Å². The molecule has 0 fully saturated rings. The van der Waals surface area contributed by atoms with Crippen molar-refractivity contribution in [2.75, 3.05) is 5.32 Å². The summed E-state index contributed by atoms with van der Waals surface area (Å²) < 4.78 is 0. The molecule has 3 heteroatoms. The van der Waals surface area contributed by atoms with E-state index < -0.39 is 11.7 Å². The molecule has 3 nitrogen and oxygen atoms in total. The van der Waals surface area contributed by atoms with E-state index >= 15 is 0 Å². The lowest BCUT2D eigenvalue weighted by Gasteiger charge is -2.09. The van der Waals surface area contributed by atoms with Gasteiger partial charge in [-0.25, -0.2) is 0 Å². The maximum absolute atomic E-state index is 11.9. The number of hydrogen-bond acceptors (Lipinski definition) is 2. The van der Waals surface area contributed by atoms with Crippen LogP contribution < -0.4 is 5.32 Å². The summed E-state index contributed by atoms with van der Waals surface area (Å²) in [6.07, 6.45) is 0.935. The van der Waals surface area contributed by atoms with Gasteiger partial charge in [0.15, 0.2) is 0 Å². The number of para-hydroxylation sites is 1. The van der Waals surface area contributed by atoms with Crippen molar-refractivity contribution in [2.45, 2.75) is 19.8 Å². The fourth-order valence-corrected chi connectivity index (χ4v) is 2.00. The average Bonchev–Trinajstić information content (AvgIpc) is 2.48. The van der Waals surface area contributed by atoms with Crippen LogP contribution in [-0.4, -0.2) is 11.7 Å². The van der Waals surface area contributed by atoms with Crippen molar-refractivity contribution in [2.24, 2.45) is 0 Å². The molecule has 0 radical (unpaired) electrons. The normalized spacial score (nSPS) is 10.1. The predicted molar refractivity (Wildman–Crippen MR) is 79.6 cm³/mol. The summed E-state index contributed by atoms with van der Waals surface area (Å²) in [6.45, 7) is 2.01. The van der Waals surface area contributed by atoms with Gasteiger partial charge in [0.05, 0.1) is 0 Å². The lowest BCUT2D eigenvalue weighted by Crippen LogP contribution is -2.24. The molecule has 0 bridgehead atoms. The predicted octanol–water partition coefficient (Wildman–Crippen LogP) is 3.00. The van der Waals surface area contributed by atoms with Crippen LogP contribution >= 0.6 is 0 Å². The van der Waals surface area contributed by atoms with E-state index in [4.69, 9.17) is 0 Å². The van der Waals surface area contributed by atoms with E-state index in [2.05, 4.69) is 5.32 Å². The maximum Gasteiger partial charge on any atom is 0.292 e. The zero-order valence-electron chi connectivity index (χ0n) is 11.4. The van der Waals surface area contributed by atoms with E-state index in [-0.39, 0.29) is 6.42 Å². The van der Waals surface area contributed by atoms with Gasteiger partial charge in [-0.3, -0.25) is 9.59 Å². The van der Waals surface area contributed by atoms with Gasteiger partial charge in [-0.15, -0.1) is 0 Å². The molecule has 2 rings (SSSR count). The van der Waals surface area contributed by atoms with E-state index in [9.17, 15) is 9.59 Å². The third-order valence-electron chi connectivity index (χ3n) is 3.11. The second kappa shape index (κ2) is 6.66. The van der Waals surface area contributed by atoms with Crippen molar-refractivity contribution < 1.29 is 9.59 Å². The van der Waals surface area contributed by atoms with Crippen LogP contribution in [0.5, 0.6) is 0 Å². The summed E-state index contributed by atoms with van der Waals surface area (Å²) in [5.41, 5.74) is 2.58. The van der Waals surface area contributed by atoms with Gasteiger partial charge in [-0.1, -0.05) is 55.5 Å². The SMILES string of the molecule is CCc1ccccc1NC(=O)C(=O)Cc1ccccc1. The molecule has 0 unspecified atom stereocenters. The Morgan fingerprint density at radius 2 is 1.60 bits per heavy atom. The van der Waals surface area contributed by atoms with Crippen LogP contribution in [0.1, 0.15) is 18.1 Å². The Hall–Kier alpha value is -2.42. The molecular formula is C17H17NO2. The Morgan fingerprint density at radius 1 is 0.950 bits per heavy atom. The highest BCUT2D eigenvalue weighted by atomic mass is 16.2. The highest BCUT2D eigenvalue weighted by molar-refractivity contribution is 6.41. The summed E-state index contributed by atoms with van der Waals surface area (Å²) in [7, 11) is 0. The second-order valence-electron chi connectivity index (χ2n) is 4.55. The summed E-state index contributed by atoms with van der Waals surface area (Å²) >= 11 is 0. The monoisotopic (exact) mass is 267 g/mol. The molecule has 0 aliphatic rings. The van der Waals surface area contributed by atoms with Gasteiger partial charge < -0.3 is 5.32 Å². The summed E-state index contributed by atoms with van der Waals surface area (Å²) in [5.74, 6) is -0.989. The van der Waals surface area contributed by atoms with Gasteiger partial charge in [-0.05, 0) is 23.6 Å². The first-order chi connectivity index (χ1) is 9.70. The molecule has 1 amide bonds. The van der Waals surface area contributed by atoms with E-state index in [1.165, 1.54) is 0 Å². The minimum absolute atomic E-state index is 0.126. The quantitative estimate of drug-likeness (QED) is 0.846. The summed E-state index contributed by atoms with van der Waals surface area (Å²) in [6, 6.07) is 16.8. The number of aryl methyl sites for hydroxylation is 1. The Morgan fingerprint density at radius 3 is 2.30 bits per heavy atom. The van der Waals surface area contributed by atoms with Gasteiger partial charge in [0.2, 0.25) is 5.78 Å². The third kappa shape index (κ3) is 3.54. The van der Waals surface area contributed by atoms with Crippen molar-refractivity contribution in [1.82, 2.24) is 0 Å². The van der Waals surface area contributed by atoms with Crippen LogP contribution in [0.25, 0.3) is 0 Å². The first kappa shape index (κ1) is 14.0. The molecule has 0 atom stereocenters. The first-order valence-electron chi connectivity index (χ1n) is 6.66. The molecule has 0 saturated carbocycles. The molecule has 20 heavy (non-hydrogen) atoms. The molecule has 0 spiro atoms. The van der Waals surface area contributed by atoms with Crippen molar-refractivity contribution in [3.63, 3.8) is 0 Å². The van der Waals surface area contributed by atoms with Crippen LogP contribution in [0.2, 0.25) is 0 Å². The van der Waals surface area contributed by atoms with Crippen LogP contribution in [0, 0.1) is 0 Å². The minimum Gasteiger partial charge on any atom is -0.319 e. The largest absolute Gasteiger partial charge is 0.319 e. The molecule has 0 heterocycles. The molecule has 0 aliphatic carbocycles. The van der Waals surface area contributed by atoms with Crippen LogP contribution in [0.15, 0.2) is 54.6 Å². The second-order valence-corrected chi connectivity index (χ2v) is 4.55. The maximum atomic E-state index is 11.9. The lowest BCUT2D eigenvalue weighted by atomic mass is 10.1. The highest BCUT2D eigenvalue weighted by Gasteiger charge is 2.15. The van der Waals surface area contributed by atoms with Crippen LogP contribution in [0.3, 0.4) is 0 Å². The molecule has 2 aromatic carbocycles. The number of hydrogen-bond donors (Lipinski definition) is 1. The van der Waals surface area contributed by atoms with Gasteiger partial charge in [0.25, 0.3) is 5.91 Å². The number of amides is 1. The third-order valence-corrected chi connectivity index (χ3v) is 3.11. The fourth-order valence-electron chi connectivity index (χ4n) is 2.00. The molecule has 0 aromatic heterocycles. The lowest BCUT2D eigenvalue weighted by molar-refractivity contribution is -0.134. The standard InChI is InChI=1S/C17H17NO2/c1-2-14-10-6-7-11-15(14)18-17(20)16(19)12-13-8-4-3-5-9-13/h3-11H,2,12H2,1H3,(H,18,20). The average molecular weight is 267 g/mol. The van der Waals surface area contributed by atoms with Crippen molar-refractivity contribution in [1.29, 1.82) is 0 Å².